The van der Waals surface area contributed by atoms with Crippen molar-refractivity contribution in [2.45, 2.75) is 12.8 Å². The van der Waals surface area contributed by atoms with Crippen molar-refractivity contribution in [1.82, 2.24) is 5.32 Å². The highest BCUT2D eigenvalue weighted by molar-refractivity contribution is 4.98. The molecule has 2 nitrogen and oxygen atoms in total. The Morgan fingerprint density at radius 2 is 2.50 bits per heavy atom. The summed E-state index contributed by atoms with van der Waals surface area (Å²) in [5.74, 6) is 0.802. The molecular formula is C8H16N2. The molecule has 1 aliphatic heterocycles. The van der Waals surface area contributed by atoms with Crippen LogP contribution in [0.2, 0.25) is 0 Å². The Hall–Kier alpha value is -0.340. The molecular weight excluding hydrogens is 124 g/mol. The highest BCUT2D eigenvalue weighted by atomic mass is 14.9. The zero-order valence-electron chi connectivity index (χ0n) is 6.40. The zero-order valence-corrected chi connectivity index (χ0v) is 6.40. The lowest BCUT2D eigenvalue weighted by atomic mass is 10.00. The highest BCUT2D eigenvalue weighted by Crippen LogP contribution is 2.15. The first-order chi connectivity index (χ1) is 4.83. The number of hydrogen-bond donors (Lipinski definition) is 2. The molecule has 58 valence electrons. The lowest BCUT2D eigenvalue weighted by Crippen LogP contribution is -2.11. The molecule has 0 spiro atoms. The first-order valence-electron chi connectivity index (χ1n) is 3.90. The van der Waals surface area contributed by atoms with Crippen LogP contribution in [0.25, 0.3) is 0 Å². The molecule has 1 fully saturated rings. The van der Waals surface area contributed by atoms with Gasteiger partial charge in [0.1, 0.15) is 0 Å². The van der Waals surface area contributed by atoms with Crippen LogP contribution >= 0.6 is 0 Å². The Morgan fingerprint density at radius 1 is 1.70 bits per heavy atom. The predicted molar refractivity (Wildman–Crippen MR) is 43.8 cm³/mol. The smallest absolute Gasteiger partial charge is 0.0134 e. The molecule has 0 amide bonds. The summed E-state index contributed by atoms with van der Waals surface area (Å²) in [5.41, 5.74) is 6.62. The standard InChI is InChI=1S/C8H16N2/c1-7(5-9)4-8-2-3-10-6-8/h8,10H,1-6,9H2. The number of hydrogen-bond acceptors (Lipinski definition) is 2. The Kier molecular flexibility index (Phi) is 2.90. The fourth-order valence-electron chi connectivity index (χ4n) is 1.38. The third kappa shape index (κ3) is 2.12. The molecule has 0 aromatic rings. The van der Waals surface area contributed by atoms with Gasteiger partial charge < -0.3 is 11.1 Å². The van der Waals surface area contributed by atoms with Crippen molar-refractivity contribution >= 4 is 0 Å². The fourth-order valence-corrected chi connectivity index (χ4v) is 1.38. The molecule has 3 N–H and O–H groups in total. The first-order valence-corrected chi connectivity index (χ1v) is 3.90. The molecule has 2 heteroatoms. The van der Waals surface area contributed by atoms with Crippen molar-refractivity contribution in [3.63, 3.8) is 0 Å². The van der Waals surface area contributed by atoms with Crippen LogP contribution in [0, 0.1) is 5.92 Å². The topological polar surface area (TPSA) is 38.0 Å². The first kappa shape index (κ1) is 7.76. The Morgan fingerprint density at radius 3 is 3.00 bits per heavy atom. The minimum Gasteiger partial charge on any atom is -0.327 e. The van der Waals surface area contributed by atoms with E-state index in [9.17, 15) is 0 Å². The quantitative estimate of drug-likeness (QED) is 0.560. The van der Waals surface area contributed by atoms with E-state index in [1.54, 1.807) is 0 Å². The zero-order chi connectivity index (χ0) is 7.40. The van der Waals surface area contributed by atoms with Crippen LogP contribution in [0.3, 0.4) is 0 Å². The minimum absolute atomic E-state index is 0.649. The van der Waals surface area contributed by atoms with E-state index >= 15 is 0 Å². The maximum absolute atomic E-state index is 5.43. The van der Waals surface area contributed by atoms with Gasteiger partial charge in [-0.3, -0.25) is 0 Å². The van der Waals surface area contributed by atoms with Gasteiger partial charge >= 0.3 is 0 Å². The summed E-state index contributed by atoms with van der Waals surface area (Å²) >= 11 is 0. The van der Waals surface area contributed by atoms with Crippen LogP contribution in [0.5, 0.6) is 0 Å². The Balaban J connectivity index is 2.17. The van der Waals surface area contributed by atoms with Crippen molar-refractivity contribution in [1.29, 1.82) is 0 Å². The molecule has 1 saturated heterocycles. The van der Waals surface area contributed by atoms with E-state index in [4.69, 9.17) is 5.73 Å². The van der Waals surface area contributed by atoms with E-state index in [1.165, 1.54) is 18.5 Å². The largest absolute Gasteiger partial charge is 0.327 e. The second kappa shape index (κ2) is 3.74. The van der Waals surface area contributed by atoms with Gasteiger partial charge in [-0.1, -0.05) is 12.2 Å². The molecule has 0 aromatic carbocycles. The summed E-state index contributed by atoms with van der Waals surface area (Å²) in [5, 5.41) is 3.32. The number of rotatable bonds is 3. The van der Waals surface area contributed by atoms with Crippen molar-refractivity contribution < 1.29 is 0 Å². The van der Waals surface area contributed by atoms with Crippen LogP contribution < -0.4 is 11.1 Å². The summed E-state index contributed by atoms with van der Waals surface area (Å²) in [4.78, 5) is 0. The SMILES string of the molecule is C=C(CN)CC1CCNC1. The van der Waals surface area contributed by atoms with Gasteiger partial charge in [-0.15, -0.1) is 0 Å². The van der Waals surface area contributed by atoms with Crippen LogP contribution in [-0.2, 0) is 0 Å². The van der Waals surface area contributed by atoms with Crippen molar-refractivity contribution in [3.8, 4) is 0 Å². The maximum atomic E-state index is 5.43. The average Bonchev–Trinajstić information content (AvgIpc) is 2.40. The molecule has 1 aliphatic rings. The molecule has 1 atom stereocenters. The summed E-state index contributed by atoms with van der Waals surface area (Å²) in [6.45, 7) is 6.85. The number of nitrogens with two attached hydrogens (primary N) is 1. The maximum Gasteiger partial charge on any atom is 0.0134 e. The van der Waals surface area contributed by atoms with E-state index in [1.807, 2.05) is 0 Å². The minimum atomic E-state index is 0.649. The van der Waals surface area contributed by atoms with Gasteiger partial charge in [0.2, 0.25) is 0 Å². The summed E-state index contributed by atoms with van der Waals surface area (Å²) in [6.07, 6.45) is 2.41. The molecule has 0 saturated carbocycles. The lowest BCUT2D eigenvalue weighted by molar-refractivity contribution is 0.573. The average molecular weight is 140 g/mol. The van der Waals surface area contributed by atoms with E-state index < -0.39 is 0 Å². The van der Waals surface area contributed by atoms with Gasteiger partial charge in [0.05, 0.1) is 0 Å². The molecule has 0 radical (unpaired) electrons. The summed E-state index contributed by atoms with van der Waals surface area (Å²) < 4.78 is 0. The predicted octanol–water partition coefficient (Wildman–Crippen LogP) is 0.501. The third-order valence-electron chi connectivity index (χ3n) is 2.03. The Labute approximate surface area is 62.5 Å². The van der Waals surface area contributed by atoms with Crippen molar-refractivity contribution in [2.24, 2.45) is 11.7 Å². The second-order valence-corrected chi connectivity index (χ2v) is 3.02. The van der Waals surface area contributed by atoms with Gasteiger partial charge in [-0.25, -0.2) is 0 Å². The lowest BCUT2D eigenvalue weighted by Gasteiger charge is -2.07. The van der Waals surface area contributed by atoms with Gasteiger partial charge in [0.25, 0.3) is 0 Å². The summed E-state index contributed by atoms with van der Waals surface area (Å²) in [6, 6.07) is 0. The summed E-state index contributed by atoms with van der Waals surface area (Å²) in [7, 11) is 0. The van der Waals surface area contributed by atoms with E-state index in [0.29, 0.717) is 6.54 Å². The van der Waals surface area contributed by atoms with Gasteiger partial charge in [0, 0.05) is 6.54 Å². The van der Waals surface area contributed by atoms with Crippen LogP contribution in [-0.4, -0.2) is 19.6 Å². The van der Waals surface area contributed by atoms with E-state index in [0.717, 1.165) is 18.9 Å². The van der Waals surface area contributed by atoms with Crippen molar-refractivity contribution in [3.05, 3.63) is 12.2 Å². The fraction of sp³-hybridized carbons (Fsp3) is 0.750. The molecule has 1 rings (SSSR count). The molecule has 10 heavy (non-hydrogen) atoms. The monoisotopic (exact) mass is 140 g/mol. The van der Waals surface area contributed by atoms with Gasteiger partial charge in [0.15, 0.2) is 0 Å². The van der Waals surface area contributed by atoms with E-state index in [2.05, 4.69) is 11.9 Å². The van der Waals surface area contributed by atoms with Crippen LogP contribution in [0.15, 0.2) is 12.2 Å². The van der Waals surface area contributed by atoms with Gasteiger partial charge in [-0.05, 0) is 31.8 Å². The van der Waals surface area contributed by atoms with Crippen molar-refractivity contribution in [2.75, 3.05) is 19.6 Å². The highest BCUT2D eigenvalue weighted by Gasteiger charge is 2.14. The molecule has 1 heterocycles. The van der Waals surface area contributed by atoms with Crippen LogP contribution in [0.1, 0.15) is 12.8 Å². The normalized spacial score (nSPS) is 25.1. The van der Waals surface area contributed by atoms with E-state index in [-0.39, 0.29) is 0 Å². The second-order valence-electron chi connectivity index (χ2n) is 3.02. The third-order valence-corrected chi connectivity index (χ3v) is 2.03. The molecule has 1 unspecified atom stereocenters. The van der Waals surface area contributed by atoms with Crippen LogP contribution in [0.4, 0.5) is 0 Å². The van der Waals surface area contributed by atoms with Gasteiger partial charge in [-0.2, -0.15) is 0 Å². The molecule has 0 bridgehead atoms. The Bertz CT molecular complexity index is 114. The molecule has 0 aromatic heterocycles. The molecule has 0 aliphatic carbocycles. The number of nitrogens with one attached hydrogen (secondary N) is 1.